The van der Waals surface area contributed by atoms with E-state index in [0.29, 0.717) is 45.0 Å². The van der Waals surface area contributed by atoms with Crippen LogP contribution in [0.2, 0.25) is 10.0 Å². The van der Waals surface area contributed by atoms with Gasteiger partial charge in [-0.1, -0.05) is 77.8 Å². The van der Waals surface area contributed by atoms with Gasteiger partial charge < -0.3 is 29.4 Å². The summed E-state index contributed by atoms with van der Waals surface area (Å²) in [6, 6.07) is 30.8. The van der Waals surface area contributed by atoms with Gasteiger partial charge in [0, 0.05) is 12.8 Å². The fourth-order valence-corrected chi connectivity index (χ4v) is 7.18. The molecule has 0 fully saturated rings. The number of carbonyl (C=O) groups excluding carboxylic acids is 2. The SMILES string of the molecule is CC(C)OC(=O)N1Cc2cc3c(cc2CC1C(=O)N[C@@H](Cc1ccc(-c2ccc(C#N)cc2)cc1)C(=O)O)OC[C@H](c1ccc(OCc2ccc(Cl)c(Cl)c2)cc1)O3. The van der Waals surface area contributed by atoms with Crippen molar-refractivity contribution in [1.82, 2.24) is 10.2 Å². The Kier molecular flexibility index (Phi) is 12.1. The Morgan fingerprint density at radius 2 is 1.55 bits per heavy atom. The largest absolute Gasteiger partial charge is 0.489 e. The molecular formula is C45H39Cl2N3O8. The Bertz CT molecular complexity index is 2360. The number of aliphatic carboxylic acids is 1. The molecule has 0 saturated carbocycles. The van der Waals surface area contributed by atoms with Crippen LogP contribution in [0.25, 0.3) is 11.1 Å². The lowest BCUT2D eigenvalue weighted by Gasteiger charge is -2.37. The van der Waals surface area contributed by atoms with E-state index in [-0.39, 0.29) is 26.0 Å². The van der Waals surface area contributed by atoms with E-state index in [4.69, 9.17) is 47.4 Å². The molecule has 296 valence electrons. The summed E-state index contributed by atoms with van der Waals surface area (Å²) in [6.45, 7) is 4.02. The second-order valence-electron chi connectivity index (χ2n) is 14.4. The smallest absolute Gasteiger partial charge is 0.411 e. The van der Waals surface area contributed by atoms with Gasteiger partial charge in [-0.05, 0) is 101 Å². The van der Waals surface area contributed by atoms with Crippen LogP contribution in [0.3, 0.4) is 0 Å². The fourth-order valence-electron chi connectivity index (χ4n) is 6.86. The van der Waals surface area contributed by atoms with Crippen LogP contribution in [0, 0.1) is 11.3 Å². The van der Waals surface area contributed by atoms with Crippen molar-refractivity contribution in [3.05, 3.63) is 147 Å². The minimum atomic E-state index is -1.27. The molecule has 0 aliphatic carbocycles. The van der Waals surface area contributed by atoms with Crippen LogP contribution in [0.4, 0.5) is 4.79 Å². The highest BCUT2D eigenvalue weighted by molar-refractivity contribution is 6.42. The van der Waals surface area contributed by atoms with Crippen LogP contribution >= 0.6 is 23.2 Å². The number of halogens is 2. The van der Waals surface area contributed by atoms with Crippen molar-refractivity contribution in [3.8, 4) is 34.4 Å². The van der Waals surface area contributed by atoms with Gasteiger partial charge in [-0.3, -0.25) is 9.69 Å². The number of nitrogens with one attached hydrogen (secondary N) is 1. The van der Waals surface area contributed by atoms with E-state index in [1.165, 1.54) is 4.90 Å². The molecule has 0 spiro atoms. The summed E-state index contributed by atoms with van der Waals surface area (Å²) in [4.78, 5) is 41.2. The number of nitriles is 1. The number of ether oxygens (including phenoxy) is 4. The first-order valence-corrected chi connectivity index (χ1v) is 19.4. The molecule has 58 heavy (non-hydrogen) atoms. The first kappa shape index (κ1) is 40.0. The number of carbonyl (C=O) groups is 3. The second kappa shape index (κ2) is 17.5. The number of amides is 2. The molecule has 5 aromatic rings. The maximum Gasteiger partial charge on any atom is 0.411 e. The molecule has 13 heteroatoms. The van der Waals surface area contributed by atoms with Crippen molar-refractivity contribution in [3.63, 3.8) is 0 Å². The summed E-state index contributed by atoms with van der Waals surface area (Å²) in [6.07, 6.45) is -1.45. The molecule has 2 heterocycles. The third-order valence-electron chi connectivity index (χ3n) is 9.93. The van der Waals surface area contributed by atoms with Gasteiger partial charge in [0.15, 0.2) is 17.6 Å². The summed E-state index contributed by atoms with van der Waals surface area (Å²) >= 11 is 12.2. The molecule has 0 bridgehead atoms. The van der Waals surface area contributed by atoms with Crippen LogP contribution in [0.5, 0.6) is 17.2 Å². The summed E-state index contributed by atoms with van der Waals surface area (Å²) in [5.74, 6) is -0.172. The van der Waals surface area contributed by atoms with Crippen molar-refractivity contribution in [2.45, 2.75) is 64.1 Å². The van der Waals surface area contributed by atoms with E-state index < -0.39 is 42.3 Å². The summed E-state index contributed by atoms with van der Waals surface area (Å²) in [5, 5.41) is 22.9. The molecule has 3 atom stereocenters. The Morgan fingerprint density at radius 3 is 2.21 bits per heavy atom. The first-order chi connectivity index (χ1) is 27.9. The van der Waals surface area contributed by atoms with E-state index in [1.807, 2.05) is 66.7 Å². The Balaban J connectivity index is 1.03. The number of hydrogen-bond donors (Lipinski definition) is 2. The molecule has 2 N–H and O–H groups in total. The van der Waals surface area contributed by atoms with Crippen LogP contribution < -0.4 is 19.5 Å². The molecule has 2 aliphatic heterocycles. The molecule has 1 unspecified atom stereocenters. The Morgan fingerprint density at radius 1 is 0.879 bits per heavy atom. The van der Waals surface area contributed by atoms with Crippen molar-refractivity contribution in [1.29, 1.82) is 5.26 Å². The Labute approximate surface area is 345 Å². The van der Waals surface area contributed by atoms with Gasteiger partial charge in [0.05, 0.1) is 34.3 Å². The molecule has 0 radical (unpaired) electrons. The van der Waals surface area contributed by atoms with Gasteiger partial charge in [-0.2, -0.15) is 5.26 Å². The van der Waals surface area contributed by atoms with Crippen LogP contribution in [0.1, 0.15) is 53.3 Å². The molecule has 2 aliphatic rings. The van der Waals surface area contributed by atoms with Crippen LogP contribution in [-0.4, -0.2) is 52.8 Å². The van der Waals surface area contributed by atoms with Gasteiger partial charge in [-0.25, -0.2) is 9.59 Å². The van der Waals surface area contributed by atoms with Gasteiger partial charge in [0.2, 0.25) is 5.91 Å². The predicted octanol–water partition coefficient (Wildman–Crippen LogP) is 8.71. The topological polar surface area (TPSA) is 147 Å². The fraction of sp³-hybridized carbons (Fsp3) is 0.244. The second-order valence-corrected chi connectivity index (χ2v) is 15.2. The standard InChI is InChI=1S/C45H39Cl2N3O8/c1-26(2)57-45(54)50-23-34-21-41-40(56-25-42(58-41)32-12-14-35(15-13-32)55-24-29-7-16-36(46)37(47)17-29)20-33(34)19-39(50)43(51)49-38(44(52)53)18-27-3-8-30(9-4-27)31-10-5-28(22-48)6-11-31/h3-17,20-21,26,38-39,42H,18-19,23-25H2,1-2H3,(H,49,51)(H,52,53)/t38-,39?,42+/m0/s1. The number of rotatable bonds is 11. The van der Waals surface area contributed by atoms with Gasteiger partial charge in [0.25, 0.3) is 0 Å². The molecule has 5 aromatic carbocycles. The number of benzene rings is 5. The minimum Gasteiger partial charge on any atom is -0.489 e. The van der Waals surface area contributed by atoms with Gasteiger partial charge in [0.1, 0.15) is 31.0 Å². The quantitative estimate of drug-likeness (QED) is 0.134. The lowest BCUT2D eigenvalue weighted by atomic mass is 9.92. The zero-order valence-electron chi connectivity index (χ0n) is 31.6. The monoisotopic (exact) mass is 819 g/mol. The highest BCUT2D eigenvalue weighted by Crippen LogP contribution is 2.41. The molecule has 0 aromatic heterocycles. The highest BCUT2D eigenvalue weighted by atomic mass is 35.5. The summed E-state index contributed by atoms with van der Waals surface area (Å²) in [5.41, 5.74) is 6.33. The zero-order chi connectivity index (χ0) is 40.9. The third-order valence-corrected chi connectivity index (χ3v) is 10.7. The average molecular weight is 821 g/mol. The lowest BCUT2D eigenvalue weighted by molar-refractivity contribution is -0.142. The molecule has 7 rings (SSSR count). The van der Waals surface area contributed by atoms with Gasteiger partial charge >= 0.3 is 12.1 Å². The normalized spacial score (nSPS) is 16.1. The van der Waals surface area contributed by atoms with E-state index in [2.05, 4.69) is 11.4 Å². The van der Waals surface area contributed by atoms with E-state index in [9.17, 15) is 19.5 Å². The van der Waals surface area contributed by atoms with Crippen LogP contribution in [-0.2, 0) is 40.3 Å². The van der Waals surface area contributed by atoms with E-state index >= 15 is 0 Å². The molecule has 0 saturated heterocycles. The zero-order valence-corrected chi connectivity index (χ0v) is 33.1. The van der Waals surface area contributed by atoms with Crippen molar-refractivity contribution >= 4 is 41.2 Å². The predicted molar refractivity (Wildman–Crippen MR) is 217 cm³/mol. The molecule has 11 nitrogen and oxygen atoms in total. The number of carboxylic acids is 1. The van der Waals surface area contributed by atoms with E-state index in [1.54, 1.807) is 50.2 Å². The minimum absolute atomic E-state index is 0.0167. The number of fused-ring (bicyclic) bond motifs is 2. The van der Waals surface area contributed by atoms with Gasteiger partial charge in [-0.15, -0.1) is 0 Å². The van der Waals surface area contributed by atoms with E-state index in [0.717, 1.165) is 33.4 Å². The average Bonchev–Trinajstić information content (AvgIpc) is 3.22. The molecule has 2 amide bonds. The van der Waals surface area contributed by atoms with Crippen molar-refractivity contribution < 1.29 is 38.4 Å². The van der Waals surface area contributed by atoms with Crippen molar-refractivity contribution in [2.75, 3.05) is 6.61 Å². The lowest BCUT2D eigenvalue weighted by Crippen LogP contribution is -2.56. The molecular weight excluding hydrogens is 781 g/mol. The first-order valence-electron chi connectivity index (χ1n) is 18.7. The van der Waals surface area contributed by atoms with Crippen LogP contribution in [0.15, 0.2) is 103 Å². The van der Waals surface area contributed by atoms with Crippen molar-refractivity contribution in [2.24, 2.45) is 0 Å². The highest BCUT2D eigenvalue weighted by Gasteiger charge is 2.39. The summed E-state index contributed by atoms with van der Waals surface area (Å²) < 4.78 is 24.0. The summed E-state index contributed by atoms with van der Waals surface area (Å²) in [7, 11) is 0. The number of carboxylic acid groups (broad SMARTS) is 1. The third kappa shape index (κ3) is 9.31. The number of hydrogen-bond acceptors (Lipinski definition) is 8. The maximum absolute atomic E-state index is 13.9. The maximum atomic E-state index is 13.9. The Hall–Kier alpha value is -6.22. The number of nitrogens with zero attached hydrogens (tertiary/aromatic N) is 2.